The van der Waals surface area contributed by atoms with Crippen LogP contribution in [0.25, 0.3) is 6.08 Å². The van der Waals surface area contributed by atoms with Crippen LogP contribution in [0.4, 0.5) is 5.69 Å². The van der Waals surface area contributed by atoms with Crippen molar-refractivity contribution in [1.29, 1.82) is 0 Å². The van der Waals surface area contributed by atoms with E-state index in [4.69, 9.17) is 35.4 Å². The summed E-state index contributed by atoms with van der Waals surface area (Å²) in [5, 5.41) is 0.899. The number of anilines is 1. The molecule has 1 heterocycles. The first-order chi connectivity index (χ1) is 11.6. The Morgan fingerprint density at radius 1 is 1.08 bits per heavy atom. The number of hydrogen-bond donors (Lipinski definition) is 0. The molecule has 0 aliphatic carbocycles. The van der Waals surface area contributed by atoms with Crippen LogP contribution in [-0.4, -0.2) is 10.2 Å². The van der Waals surface area contributed by atoms with Crippen molar-refractivity contribution in [3.05, 3.63) is 81.2 Å². The van der Waals surface area contributed by atoms with Gasteiger partial charge in [-0.15, -0.1) is 0 Å². The van der Waals surface area contributed by atoms with E-state index >= 15 is 0 Å². The third-order valence-corrected chi connectivity index (χ3v) is 5.14. The fourth-order valence-electron chi connectivity index (χ4n) is 2.16. The highest BCUT2D eigenvalue weighted by Gasteiger charge is 2.34. The minimum atomic E-state index is -0.188. The third-order valence-electron chi connectivity index (χ3n) is 3.28. The number of thiocarbonyl (C=S) groups is 1. The summed E-state index contributed by atoms with van der Waals surface area (Å²) in [5.74, 6) is -0.188. The second-order valence-corrected chi connectivity index (χ2v) is 7.42. The molecule has 0 unspecified atom stereocenters. The first kappa shape index (κ1) is 17.2. The Morgan fingerprint density at radius 2 is 1.83 bits per heavy atom. The lowest BCUT2D eigenvalue weighted by Gasteiger charge is -2.16. The minimum Gasteiger partial charge on any atom is -0.268 e. The lowest BCUT2D eigenvalue weighted by molar-refractivity contribution is -0.113. The summed E-state index contributed by atoms with van der Waals surface area (Å²) in [6, 6.07) is 14.8. The minimum absolute atomic E-state index is 0.188. The molecule has 1 fully saturated rings. The molecule has 2 aromatic carbocycles. The monoisotopic (exact) mass is 391 g/mol. The summed E-state index contributed by atoms with van der Waals surface area (Å²) in [7, 11) is 0. The van der Waals surface area contributed by atoms with Crippen LogP contribution in [0.5, 0.6) is 0 Å². The van der Waals surface area contributed by atoms with Crippen molar-refractivity contribution in [2.75, 3.05) is 4.90 Å². The van der Waals surface area contributed by atoms with Gasteiger partial charge in [-0.1, -0.05) is 89.7 Å². The lowest BCUT2D eigenvalue weighted by Crippen LogP contribution is -2.27. The van der Waals surface area contributed by atoms with E-state index in [1.165, 1.54) is 16.7 Å². The Labute approximate surface area is 159 Å². The van der Waals surface area contributed by atoms with Gasteiger partial charge in [-0.25, -0.2) is 0 Å². The molecule has 2 nitrogen and oxygen atoms in total. The van der Waals surface area contributed by atoms with Crippen LogP contribution in [0.3, 0.4) is 0 Å². The van der Waals surface area contributed by atoms with Crippen LogP contribution < -0.4 is 4.90 Å². The van der Waals surface area contributed by atoms with Gasteiger partial charge in [0.1, 0.15) is 0 Å². The quantitative estimate of drug-likeness (QED) is 0.475. The predicted molar refractivity (Wildman–Crippen MR) is 108 cm³/mol. The zero-order valence-corrected chi connectivity index (χ0v) is 15.4. The number of benzene rings is 2. The van der Waals surface area contributed by atoms with Gasteiger partial charge in [-0.05, 0) is 29.8 Å². The van der Waals surface area contributed by atoms with Gasteiger partial charge in [0, 0.05) is 5.02 Å². The Morgan fingerprint density at radius 3 is 2.54 bits per heavy atom. The standard InChI is InChI=1S/C18H11Cl2NOS2/c19-13-9-10-15(14(20)11-13)21-17(22)16(24-18(21)23)8-4-7-12-5-2-1-3-6-12/h1-11H. The predicted octanol–water partition coefficient (Wildman–Crippen LogP) is 5.96. The maximum Gasteiger partial charge on any atom is 0.270 e. The highest BCUT2D eigenvalue weighted by atomic mass is 35.5. The number of allylic oxidation sites excluding steroid dienone is 2. The molecule has 0 radical (unpaired) electrons. The van der Waals surface area contributed by atoms with Crippen LogP contribution in [0.1, 0.15) is 5.56 Å². The van der Waals surface area contributed by atoms with Crippen molar-refractivity contribution < 1.29 is 4.79 Å². The van der Waals surface area contributed by atoms with Crippen LogP contribution in [-0.2, 0) is 4.79 Å². The fraction of sp³-hybridized carbons (Fsp3) is 0. The van der Waals surface area contributed by atoms with Gasteiger partial charge in [0.2, 0.25) is 0 Å². The van der Waals surface area contributed by atoms with Crippen LogP contribution in [0, 0.1) is 0 Å². The first-order valence-corrected chi connectivity index (χ1v) is 8.99. The Kier molecular flexibility index (Phi) is 5.41. The fourth-order valence-corrected chi connectivity index (χ4v) is 3.89. The van der Waals surface area contributed by atoms with E-state index in [-0.39, 0.29) is 5.91 Å². The van der Waals surface area contributed by atoms with Crippen molar-refractivity contribution in [3.63, 3.8) is 0 Å². The highest BCUT2D eigenvalue weighted by Crippen LogP contribution is 2.38. The first-order valence-electron chi connectivity index (χ1n) is 7.01. The van der Waals surface area contributed by atoms with Crippen molar-refractivity contribution >= 4 is 69.2 Å². The lowest BCUT2D eigenvalue weighted by atomic mass is 10.2. The molecule has 24 heavy (non-hydrogen) atoms. The molecule has 0 saturated carbocycles. The van der Waals surface area contributed by atoms with Crippen molar-refractivity contribution in [3.8, 4) is 0 Å². The molecule has 0 aromatic heterocycles. The smallest absolute Gasteiger partial charge is 0.268 e. The molecule has 1 aliphatic rings. The van der Waals surface area contributed by atoms with Gasteiger partial charge < -0.3 is 0 Å². The van der Waals surface area contributed by atoms with Crippen molar-refractivity contribution in [2.45, 2.75) is 0 Å². The second kappa shape index (κ2) is 7.53. The van der Waals surface area contributed by atoms with E-state index < -0.39 is 0 Å². The van der Waals surface area contributed by atoms with E-state index in [2.05, 4.69) is 0 Å². The van der Waals surface area contributed by atoms with E-state index in [0.717, 1.165) is 5.56 Å². The summed E-state index contributed by atoms with van der Waals surface area (Å²) in [4.78, 5) is 14.6. The zero-order valence-electron chi connectivity index (χ0n) is 12.3. The Hall–Kier alpha value is -1.59. The highest BCUT2D eigenvalue weighted by molar-refractivity contribution is 8.27. The number of rotatable bonds is 3. The Bertz CT molecular complexity index is 863. The normalized spacial score (nSPS) is 16.6. The average molecular weight is 392 g/mol. The van der Waals surface area contributed by atoms with Gasteiger partial charge in [-0.3, -0.25) is 9.69 Å². The molecule has 0 bridgehead atoms. The van der Waals surface area contributed by atoms with Gasteiger partial charge in [0.15, 0.2) is 4.32 Å². The summed E-state index contributed by atoms with van der Waals surface area (Å²) in [6.45, 7) is 0. The van der Waals surface area contributed by atoms with Gasteiger partial charge >= 0.3 is 0 Å². The third kappa shape index (κ3) is 3.73. The van der Waals surface area contributed by atoms with E-state index in [9.17, 15) is 4.79 Å². The van der Waals surface area contributed by atoms with Crippen LogP contribution >= 0.6 is 47.2 Å². The second-order valence-electron chi connectivity index (χ2n) is 4.90. The summed E-state index contributed by atoms with van der Waals surface area (Å²) in [5.41, 5.74) is 1.60. The van der Waals surface area contributed by atoms with Gasteiger partial charge in [-0.2, -0.15) is 0 Å². The summed E-state index contributed by atoms with van der Waals surface area (Å²) >= 11 is 18.7. The number of carbonyl (C=O) groups is 1. The largest absolute Gasteiger partial charge is 0.270 e. The summed E-state index contributed by atoms with van der Waals surface area (Å²) < 4.78 is 0.448. The maximum atomic E-state index is 12.6. The molecule has 120 valence electrons. The van der Waals surface area contributed by atoms with Gasteiger partial charge in [0.05, 0.1) is 15.6 Å². The van der Waals surface area contributed by atoms with Crippen molar-refractivity contribution in [1.82, 2.24) is 0 Å². The zero-order chi connectivity index (χ0) is 17.1. The Balaban J connectivity index is 1.84. The average Bonchev–Trinajstić information content (AvgIpc) is 2.83. The maximum absolute atomic E-state index is 12.6. The number of thioether (sulfide) groups is 1. The number of nitrogens with zero attached hydrogens (tertiary/aromatic N) is 1. The number of carbonyl (C=O) groups excluding carboxylic acids is 1. The van der Waals surface area contributed by atoms with E-state index in [1.807, 2.05) is 42.5 Å². The molecular weight excluding hydrogens is 381 g/mol. The molecule has 1 amide bonds. The van der Waals surface area contributed by atoms with Crippen molar-refractivity contribution in [2.24, 2.45) is 0 Å². The molecule has 1 aliphatic heterocycles. The van der Waals surface area contributed by atoms with E-state index in [1.54, 1.807) is 24.3 Å². The molecule has 1 saturated heterocycles. The number of halogens is 2. The molecule has 3 rings (SSSR count). The topological polar surface area (TPSA) is 20.3 Å². The van der Waals surface area contributed by atoms with Crippen LogP contribution in [0.2, 0.25) is 10.0 Å². The molecule has 0 atom stereocenters. The molecule has 6 heteroatoms. The molecule has 0 N–H and O–H groups in total. The SMILES string of the molecule is O=C1C(=CC=Cc2ccccc2)SC(=S)N1c1ccc(Cl)cc1Cl. The number of hydrogen-bond acceptors (Lipinski definition) is 3. The summed E-state index contributed by atoms with van der Waals surface area (Å²) in [6.07, 6.45) is 5.53. The molecular formula is C18H11Cl2NOS2. The number of amides is 1. The van der Waals surface area contributed by atoms with E-state index in [0.29, 0.717) is 25.0 Å². The molecule has 2 aromatic rings. The van der Waals surface area contributed by atoms with Gasteiger partial charge in [0.25, 0.3) is 5.91 Å². The molecule has 0 spiro atoms. The van der Waals surface area contributed by atoms with Crippen LogP contribution in [0.15, 0.2) is 65.6 Å².